The lowest BCUT2D eigenvalue weighted by Crippen LogP contribution is -2.34. The van der Waals surface area contributed by atoms with Crippen LogP contribution in [0.5, 0.6) is 11.5 Å². The minimum atomic E-state index is -0.526. The first-order valence-electron chi connectivity index (χ1n) is 11.5. The maximum absolute atomic E-state index is 13.5. The van der Waals surface area contributed by atoms with E-state index < -0.39 is 5.91 Å². The number of carbonyl (C=O) groups excluding carboxylic acids is 1. The normalized spacial score (nSPS) is 12.0. The molecule has 0 saturated carbocycles. The molecule has 0 radical (unpaired) electrons. The first kappa shape index (κ1) is 25.5. The molecule has 0 fully saturated rings. The van der Waals surface area contributed by atoms with E-state index in [1.54, 1.807) is 55.7 Å². The molecule has 1 N–H and O–H groups in total. The lowest BCUT2D eigenvalue weighted by Gasteiger charge is -2.07. The molecule has 0 spiro atoms. The van der Waals surface area contributed by atoms with Gasteiger partial charge in [0.25, 0.3) is 11.5 Å². The summed E-state index contributed by atoms with van der Waals surface area (Å²) >= 11 is 1.09. The van der Waals surface area contributed by atoms with Gasteiger partial charge in [0, 0.05) is 6.54 Å². The number of methoxy groups -OCH3 is 2. The highest BCUT2D eigenvalue weighted by Gasteiger charge is 2.17. The van der Waals surface area contributed by atoms with Gasteiger partial charge in [-0.1, -0.05) is 54.6 Å². The highest BCUT2D eigenvalue weighted by molar-refractivity contribution is 7.07. The van der Waals surface area contributed by atoms with Gasteiger partial charge in [0.05, 0.1) is 24.4 Å². The fourth-order valence-electron chi connectivity index (χ4n) is 3.80. The van der Waals surface area contributed by atoms with E-state index in [9.17, 15) is 14.9 Å². The Hall–Kier alpha value is -4.61. The number of aromatic nitrogens is 1. The summed E-state index contributed by atoms with van der Waals surface area (Å²) in [4.78, 5) is 26.6. The largest absolute Gasteiger partial charge is 0.493 e. The Kier molecular flexibility index (Phi) is 8.18. The van der Waals surface area contributed by atoms with Gasteiger partial charge in [-0.3, -0.25) is 14.2 Å². The van der Waals surface area contributed by atoms with Gasteiger partial charge >= 0.3 is 0 Å². The molecule has 0 aliphatic heterocycles. The Labute approximate surface area is 218 Å². The molecule has 1 heterocycles. The van der Waals surface area contributed by atoms with Crippen LogP contribution in [0, 0.1) is 11.3 Å². The molecule has 186 valence electrons. The van der Waals surface area contributed by atoms with E-state index in [0.717, 1.165) is 16.9 Å². The Morgan fingerprint density at radius 2 is 1.68 bits per heavy atom. The van der Waals surface area contributed by atoms with Crippen molar-refractivity contribution in [1.29, 1.82) is 5.26 Å². The molecule has 4 aromatic rings. The van der Waals surface area contributed by atoms with Gasteiger partial charge in [-0.2, -0.15) is 5.26 Å². The van der Waals surface area contributed by atoms with Crippen molar-refractivity contribution in [2.75, 3.05) is 20.8 Å². The molecule has 4 rings (SSSR count). The molecule has 7 nitrogen and oxygen atoms in total. The second kappa shape index (κ2) is 11.9. The van der Waals surface area contributed by atoms with Gasteiger partial charge < -0.3 is 14.8 Å². The molecule has 37 heavy (non-hydrogen) atoms. The molecule has 0 aliphatic rings. The molecule has 8 heteroatoms. The van der Waals surface area contributed by atoms with Crippen molar-refractivity contribution in [2.45, 2.75) is 6.42 Å². The summed E-state index contributed by atoms with van der Waals surface area (Å²) in [6, 6.07) is 26.0. The van der Waals surface area contributed by atoms with E-state index in [0.29, 0.717) is 40.2 Å². The number of nitriles is 1. The van der Waals surface area contributed by atoms with Gasteiger partial charge in [0.15, 0.2) is 17.1 Å². The van der Waals surface area contributed by atoms with E-state index in [1.807, 2.05) is 42.5 Å². The van der Waals surface area contributed by atoms with E-state index >= 15 is 0 Å². The molecular formula is C29H25N3O4S. The average Bonchev–Trinajstić information content (AvgIpc) is 3.25. The SMILES string of the molecule is COc1ccc(/C=c2/s/c(=C(/C#N)C(=O)NCCc3ccccc3)n(-c3ccccc3)c2=O)cc1OC. The standard InChI is InChI=1S/C29H25N3O4S/c1-35-24-14-13-21(17-25(24)36-2)18-26-28(34)32(22-11-7-4-8-12-22)29(37-26)23(19-30)27(33)31-16-15-20-9-5-3-6-10-20/h3-14,17-18H,15-16H2,1-2H3,(H,31,33)/b26-18+,29-23-. The van der Waals surface area contributed by atoms with Gasteiger partial charge in [-0.05, 0) is 47.9 Å². The second-order valence-electron chi connectivity index (χ2n) is 7.98. The van der Waals surface area contributed by atoms with E-state index in [1.165, 1.54) is 11.7 Å². The lowest BCUT2D eigenvalue weighted by molar-refractivity contribution is -0.115. The Bertz CT molecular complexity index is 1620. The minimum Gasteiger partial charge on any atom is -0.493 e. The predicted molar refractivity (Wildman–Crippen MR) is 144 cm³/mol. The van der Waals surface area contributed by atoms with Crippen LogP contribution < -0.4 is 29.5 Å². The summed E-state index contributed by atoms with van der Waals surface area (Å²) in [7, 11) is 3.09. The molecule has 0 aliphatic carbocycles. The van der Waals surface area contributed by atoms with Crippen LogP contribution in [-0.4, -0.2) is 31.2 Å². The first-order valence-corrected chi connectivity index (χ1v) is 12.3. The van der Waals surface area contributed by atoms with E-state index in [4.69, 9.17) is 9.47 Å². The zero-order valence-corrected chi connectivity index (χ0v) is 21.2. The molecule has 0 bridgehead atoms. The summed E-state index contributed by atoms with van der Waals surface area (Å²) in [5.41, 5.74) is 1.91. The molecule has 1 amide bonds. The van der Waals surface area contributed by atoms with Crippen molar-refractivity contribution in [1.82, 2.24) is 9.88 Å². The number of para-hydroxylation sites is 1. The van der Waals surface area contributed by atoms with Gasteiger partial charge in [0.1, 0.15) is 10.7 Å². The number of hydrogen-bond donors (Lipinski definition) is 1. The van der Waals surface area contributed by atoms with Crippen molar-refractivity contribution < 1.29 is 14.3 Å². The van der Waals surface area contributed by atoms with Crippen LogP contribution in [-0.2, 0) is 11.2 Å². The Morgan fingerprint density at radius 3 is 2.32 bits per heavy atom. The fourth-order valence-corrected chi connectivity index (χ4v) is 4.91. The average molecular weight is 512 g/mol. The molecule has 1 aromatic heterocycles. The Morgan fingerprint density at radius 1 is 1.00 bits per heavy atom. The van der Waals surface area contributed by atoms with Crippen LogP contribution in [0.25, 0.3) is 17.3 Å². The number of hydrogen-bond acceptors (Lipinski definition) is 6. The van der Waals surface area contributed by atoms with Gasteiger partial charge in [-0.25, -0.2) is 0 Å². The number of rotatable bonds is 8. The number of nitrogens with one attached hydrogen (secondary N) is 1. The number of amides is 1. The smallest absolute Gasteiger partial charge is 0.273 e. The van der Waals surface area contributed by atoms with Crippen molar-refractivity contribution in [3.05, 3.63) is 110 Å². The van der Waals surface area contributed by atoms with Gasteiger partial charge in [0.2, 0.25) is 0 Å². The second-order valence-corrected chi connectivity index (χ2v) is 9.02. The molecule has 0 unspecified atom stereocenters. The quantitative estimate of drug-likeness (QED) is 0.393. The monoisotopic (exact) mass is 511 g/mol. The van der Waals surface area contributed by atoms with E-state index in [-0.39, 0.29) is 15.8 Å². The first-order chi connectivity index (χ1) is 18.0. The molecule has 0 saturated heterocycles. The number of thiazole rings is 1. The molecule has 0 atom stereocenters. The third-order valence-corrected chi connectivity index (χ3v) is 6.73. The topological polar surface area (TPSA) is 93.4 Å². The maximum atomic E-state index is 13.5. The van der Waals surface area contributed by atoms with Crippen LogP contribution in [0.4, 0.5) is 0 Å². The number of ether oxygens (including phenoxy) is 2. The fraction of sp³-hybridized carbons (Fsp3) is 0.138. The van der Waals surface area contributed by atoms with Crippen molar-refractivity contribution in [2.24, 2.45) is 0 Å². The molecular weight excluding hydrogens is 486 g/mol. The van der Waals surface area contributed by atoms with Crippen molar-refractivity contribution >= 4 is 28.9 Å². The van der Waals surface area contributed by atoms with Crippen molar-refractivity contribution in [3.63, 3.8) is 0 Å². The van der Waals surface area contributed by atoms with Crippen LogP contribution in [0.1, 0.15) is 11.1 Å². The van der Waals surface area contributed by atoms with Crippen molar-refractivity contribution in [3.8, 4) is 23.3 Å². The minimum absolute atomic E-state index is 0.119. The predicted octanol–water partition coefficient (Wildman–Crippen LogP) is 2.78. The summed E-state index contributed by atoms with van der Waals surface area (Å²) in [5, 5.41) is 12.8. The number of carbonyl (C=O) groups is 1. The zero-order chi connectivity index (χ0) is 26.2. The van der Waals surface area contributed by atoms with Crippen LogP contribution in [0.3, 0.4) is 0 Å². The van der Waals surface area contributed by atoms with E-state index in [2.05, 4.69) is 5.32 Å². The molecule has 3 aromatic carbocycles. The third-order valence-electron chi connectivity index (χ3n) is 5.64. The summed E-state index contributed by atoms with van der Waals surface area (Å²) in [6.07, 6.45) is 2.33. The van der Waals surface area contributed by atoms with Crippen LogP contribution in [0.15, 0.2) is 83.7 Å². The summed E-state index contributed by atoms with van der Waals surface area (Å²) in [6.45, 7) is 0.361. The van der Waals surface area contributed by atoms with Crippen LogP contribution >= 0.6 is 11.3 Å². The maximum Gasteiger partial charge on any atom is 0.273 e. The number of nitrogens with zero attached hydrogens (tertiary/aromatic N) is 2. The lowest BCUT2D eigenvalue weighted by atomic mass is 10.1. The highest BCUT2D eigenvalue weighted by atomic mass is 32.1. The summed E-state index contributed by atoms with van der Waals surface area (Å²) < 4.78 is 12.7. The highest BCUT2D eigenvalue weighted by Crippen LogP contribution is 2.27. The Balaban J connectivity index is 1.81. The zero-order valence-electron chi connectivity index (χ0n) is 20.4. The van der Waals surface area contributed by atoms with Crippen LogP contribution in [0.2, 0.25) is 0 Å². The van der Waals surface area contributed by atoms with Gasteiger partial charge in [-0.15, -0.1) is 11.3 Å². The third kappa shape index (κ3) is 5.80. The summed E-state index contributed by atoms with van der Waals surface area (Å²) in [5.74, 6) is 0.570. The number of benzene rings is 3.